The minimum absolute atomic E-state index is 0.0130. The summed E-state index contributed by atoms with van der Waals surface area (Å²) in [6.07, 6.45) is 1.48. The summed E-state index contributed by atoms with van der Waals surface area (Å²) < 4.78 is 54.3. The van der Waals surface area contributed by atoms with E-state index in [1.54, 1.807) is 39.0 Å². The molecule has 1 saturated carbocycles. The van der Waals surface area contributed by atoms with Gasteiger partial charge in [-0.3, -0.25) is 95.9 Å². The second-order valence-electron chi connectivity index (χ2n) is 35.5. The Bertz CT molecular complexity index is 4460. The van der Waals surface area contributed by atoms with Crippen molar-refractivity contribution in [3.8, 4) is 0 Å². The standard InChI is InChI=1S/C91H136N10O36S3/c1-47-17-13-12-14-18-48(2)64(129-9)35-55-22-20-49(3)78(134-55)77(116)85(120)101-30-16-15-19-61(101)89(127)135-65(36-62(102)50(4)32-53(7)79(80(131-11)76(115)52(6)31-47)137-75(114)43-139-41-60(82(118)96-38-71(108)109)99-68(104)28-24-57(93)87(123)124)51(5)33-54-21-26-63(66(34-54)130-10)136-90(128)91(8,46-133-74(113)44-140-84(83(119)97-39-72(110)111)100-69(105)29-25-58(94)88(125)126)45-132-73(112)42-138-40-59(81(117)95-37-70(106)107)98-67(103)27-23-56(92)86(121)122/h12-14,17-18,32,47,49-52,54-61,63-66,78-80,84H,15-16,19-31,33-46,92-94H2,1-11H3,(H,95,117)(H,96,118)(H,97,119)(H,98,103)(H,99,104)(H,100,105)(H,106,107)(H,108,109)(H,110,111)(H,121,122)(H,123,124)(H,125,126)/b14-12+,17-13-,48-18+,53-32+/t47-,49+,50+,51+,52+,54-,55-,56-,57-,58-,59-,60-,61-,63+,64-,65?,66+,78+,79+,80-,84-,91?/m0/s1. The number of hydrogen-bond acceptors (Lipinski definition) is 36. The topological polar surface area (TPSA) is 716 Å². The summed E-state index contributed by atoms with van der Waals surface area (Å²) in [7, 11) is 4.06. The normalized spacial score (nSPS) is 25.8. The highest BCUT2D eigenvalue weighted by Gasteiger charge is 2.48. The minimum Gasteiger partial charge on any atom is -0.480 e. The Morgan fingerprint density at radius 3 is 1.63 bits per heavy atom. The summed E-state index contributed by atoms with van der Waals surface area (Å²) in [6.45, 7) is 8.42. The summed E-state index contributed by atoms with van der Waals surface area (Å²) in [5.74, 6) is -29.4. The quantitative estimate of drug-likeness (QED) is 0.0132. The number of piperidine rings is 1. The molecule has 0 aromatic carbocycles. The lowest BCUT2D eigenvalue weighted by Gasteiger charge is -2.39. The lowest BCUT2D eigenvalue weighted by atomic mass is 9.78. The van der Waals surface area contributed by atoms with Crippen molar-refractivity contribution in [2.24, 2.45) is 58.1 Å². The number of amides is 7. The molecule has 2 unspecified atom stereocenters. The third-order valence-electron chi connectivity index (χ3n) is 23.8. The van der Waals surface area contributed by atoms with Gasteiger partial charge < -0.3 is 127 Å². The molecule has 784 valence electrons. The molecule has 3 fully saturated rings. The van der Waals surface area contributed by atoms with Crippen LogP contribution in [0.1, 0.15) is 171 Å². The van der Waals surface area contributed by atoms with E-state index in [0.717, 1.165) is 17.3 Å². The Labute approximate surface area is 822 Å². The number of carbonyl (C=O) groups excluding carboxylic acids is 15. The van der Waals surface area contributed by atoms with Crippen LogP contribution in [-0.4, -0.2) is 340 Å². The van der Waals surface area contributed by atoms with Crippen LogP contribution in [0.4, 0.5) is 0 Å². The average molecular weight is 2040 g/mol. The first kappa shape index (κ1) is 121. The van der Waals surface area contributed by atoms with Crippen LogP contribution in [0.2, 0.25) is 0 Å². The first-order valence-electron chi connectivity index (χ1n) is 45.8. The number of carbonyl (C=O) groups is 21. The van der Waals surface area contributed by atoms with Crippen LogP contribution in [0, 0.1) is 40.9 Å². The highest BCUT2D eigenvalue weighted by molar-refractivity contribution is 8.01. The van der Waals surface area contributed by atoms with Gasteiger partial charge in [0.05, 0.1) is 35.6 Å². The molecule has 3 heterocycles. The van der Waals surface area contributed by atoms with Gasteiger partial charge in [-0.1, -0.05) is 71.1 Å². The number of nitrogens with one attached hydrogen (secondary N) is 6. The predicted molar refractivity (Wildman–Crippen MR) is 501 cm³/mol. The third-order valence-corrected chi connectivity index (χ3v) is 26.9. The van der Waals surface area contributed by atoms with Crippen molar-refractivity contribution >= 4 is 160 Å². The molecule has 0 aromatic rings. The van der Waals surface area contributed by atoms with Crippen LogP contribution in [0.5, 0.6) is 0 Å². The number of cyclic esters (lactones) is 1. The Balaban J connectivity index is 1.80. The van der Waals surface area contributed by atoms with Crippen molar-refractivity contribution in [2.45, 2.75) is 261 Å². The van der Waals surface area contributed by atoms with Gasteiger partial charge in [0, 0.05) is 83.3 Å². The molecule has 18 N–H and O–H groups in total. The van der Waals surface area contributed by atoms with Crippen LogP contribution in [0.25, 0.3) is 0 Å². The summed E-state index contributed by atoms with van der Waals surface area (Å²) in [6, 6.07) is -8.77. The zero-order chi connectivity index (χ0) is 105. The molecule has 22 atom stereocenters. The van der Waals surface area contributed by atoms with E-state index in [2.05, 4.69) is 31.9 Å². The van der Waals surface area contributed by atoms with Crippen molar-refractivity contribution < 1.29 is 174 Å². The molecule has 4 rings (SSSR count). The molecule has 46 nitrogen and oxygen atoms in total. The fourth-order valence-electron chi connectivity index (χ4n) is 15.6. The van der Waals surface area contributed by atoms with Crippen LogP contribution in [0.15, 0.2) is 47.6 Å². The summed E-state index contributed by atoms with van der Waals surface area (Å²) in [5, 5.41) is 67.2. The number of hydrogen-bond donors (Lipinski definition) is 15. The number of nitrogens with zero attached hydrogens (tertiary/aromatic N) is 1. The minimum atomic E-state index is -2.17. The molecule has 3 aliphatic heterocycles. The molecule has 7 amide bonds. The van der Waals surface area contributed by atoms with Gasteiger partial charge in [0.15, 0.2) is 23.4 Å². The first-order valence-corrected chi connectivity index (χ1v) is 49.1. The maximum absolute atomic E-state index is 15.3. The molecule has 0 aromatic heterocycles. The Hall–Kier alpha value is -10.8. The van der Waals surface area contributed by atoms with Crippen LogP contribution in [0.3, 0.4) is 0 Å². The largest absolute Gasteiger partial charge is 0.480 e. The maximum atomic E-state index is 15.3. The van der Waals surface area contributed by atoms with Gasteiger partial charge in [-0.15, -0.1) is 35.3 Å². The van der Waals surface area contributed by atoms with Gasteiger partial charge in [0.25, 0.3) is 11.8 Å². The summed E-state index contributed by atoms with van der Waals surface area (Å²) >= 11 is 1.84. The van der Waals surface area contributed by atoms with Crippen LogP contribution < -0.4 is 49.1 Å². The third kappa shape index (κ3) is 42.9. The highest BCUT2D eigenvalue weighted by Crippen LogP contribution is 2.38. The molecule has 4 aliphatic rings. The highest BCUT2D eigenvalue weighted by atomic mass is 32.2. The summed E-state index contributed by atoms with van der Waals surface area (Å²) in [4.78, 5) is 280. The number of methoxy groups -OCH3 is 3. The van der Waals surface area contributed by atoms with Gasteiger partial charge in [0.1, 0.15) is 98.6 Å². The Morgan fingerprint density at radius 2 is 1.11 bits per heavy atom. The first-order chi connectivity index (χ1) is 65.9. The zero-order valence-corrected chi connectivity index (χ0v) is 82.9. The molecule has 2 bridgehead atoms. The molecular weight excluding hydrogens is 1910 g/mol. The van der Waals surface area contributed by atoms with Crippen LogP contribution >= 0.6 is 35.3 Å². The number of aliphatic carboxylic acids is 6. The summed E-state index contributed by atoms with van der Waals surface area (Å²) in [5.41, 5.74) is 15.4. The van der Waals surface area contributed by atoms with E-state index >= 15 is 9.59 Å². The fraction of sp³-hybridized carbons (Fsp3) is 0.681. The van der Waals surface area contributed by atoms with E-state index in [4.69, 9.17) is 59.8 Å². The van der Waals surface area contributed by atoms with E-state index in [9.17, 15) is 122 Å². The SMILES string of the molecule is CO[C@H]1C[C@@H]2CC[C@@H](C)[C@@H](O2)C(=O)C(=O)N2CCCC[C@H]2C(=O)OC([C@H](C)C[C@@H]2CC[C@@H](OC(=O)C(C)(COC(=O)CSC[C@H](NC(=O)CC[C@H](N)C(=O)O)C(=O)NCC(=O)O)COC(=O)CS[C@H](NC(=O)CC[C@H](N)C(=O)O)C(=O)NCC(=O)O)[C@H](OC)C2)CC(=O)[C@H](C)/C=C(\C)[C@@H](OC(=O)CSC[C@H](NC(=O)CC[C@H](N)C(=O)O)C(=O)NCC(=O)O)[C@@H](OC)C(=O)[C@H](C)C[C@@H](C)\C=C/C=C/C=C/1C. The van der Waals surface area contributed by atoms with Gasteiger partial charge in [-0.05, 0) is 139 Å². The van der Waals surface area contributed by atoms with Gasteiger partial charge >= 0.3 is 65.7 Å². The number of thioether (sulfide) groups is 3. The number of carboxylic acid groups (broad SMARTS) is 6. The van der Waals surface area contributed by atoms with E-state index in [1.165, 1.54) is 53.1 Å². The van der Waals surface area contributed by atoms with E-state index in [1.807, 2.05) is 26.0 Å². The number of carboxylic acids is 6. The van der Waals surface area contributed by atoms with Gasteiger partial charge in [0.2, 0.25) is 35.3 Å². The smallest absolute Gasteiger partial charge is 0.329 e. The van der Waals surface area contributed by atoms with Gasteiger partial charge in [-0.25, -0.2) is 4.79 Å². The molecule has 140 heavy (non-hydrogen) atoms. The number of allylic oxidation sites excluding steroid dienone is 6. The number of rotatable bonds is 48. The predicted octanol–water partition coefficient (Wildman–Crippen LogP) is 0.845. The maximum Gasteiger partial charge on any atom is 0.329 e. The van der Waals surface area contributed by atoms with Crippen LogP contribution in [-0.2, 0) is 143 Å². The van der Waals surface area contributed by atoms with E-state index in [0.29, 0.717) is 55.6 Å². The Morgan fingerprint density at radius 1 is 0.579 bits per heavy atom. The van der Waals surface area contributed by atoms with Crippen molar-refractivity contribution in [2.75, 3.05) is 89.5 Å². The lowest BCUT2D eigenvalue weighted by Crippen LogP contribution is -2.55. The van der Waals surface area contributed by atoms with Crippen molar-refractivity contribution in [1.29, 1.82) is 0 Å². The number of fused-ring (bicyclic) bond motifs is 3. The fourth-order valence-corrected chi connectivity index (χ4v) is 18.1. The Kier molecular flexibility index (Phi) is 53.6. The molecule has 2 saturated heterocycles. The monoisotopic (exact) mass is 2040 g/mol. The lowest BCUT2D eigenvalue weighted by molar-refractivity contribution is -0.182. The number of esters is 5. The molecule has 0 radical (unpaired) electrons. The van der Waals surface area contributed by atoms with Crippen molar-refractivity contribution in [1.82, 2.24) is 36.8 Å². The van der Waals surface area contributed by atoms with E-state index < -0.39 is 338 Å². The van der Waals surface area contributed by atoms with Gasteiger partial charge in [-0.2, -0.15) is 0 Å². The van der Waals surface area contributed by atoms with Crippen molar-refractivity contribution in [3.05, 3.63) is 47.6 Å². The second kappa shape index (κ2) is 61.8. The molecular formula is C91H136N10O36S3. The molecule has 1 aliphatic carbocycles. The van der Waals surface area contributed by atoms with E-state index in [-0.39, 0.29) is 75.2 Å². The number of nitrogens with two attached hydrogens (primary N) is 3. The number of ketones is 3. The zero-order valence-electron chi connectivity index (χ0n) is 80.4. The molecule has 49 heteroatoms. The second-order valence-corrected chi connectivity index (χ2v) is 38.6. The van der Waals surface area contributed by atoms with Crippen molar-refractivity contribution in [3.63, 3.8) is 0 Å². The molecule has 0 spiro atoms. The average Bonchev–Trinajstić information content (AvgIpc) is 0.807. The number of Topliss-reactive ketones (excluding diaryl/α,β-unsaturated/α-hetero) is 3. The number of ether oxygens (including phenoxy) is 9.